The lowest BCUT2D eigenvalue weighted by Crippen LogP contribution is -2.02. The number of hydrogen-bond donors (Lipinski definition) is 2. The molecule has 1 aromatic heterocycles. The van der Waals surface area contributed by atoms with Gasteiger partial charge in [-0.15, -0.1) is 0 Å². The number of aromatic amines is 1. The second-order valence-electron chi connectivity index (χ2n) is 4.61. The van der Waals surface area contributed by atoms with E-state index in [1.165, 1.54) is 42.4 Å². The Morgan fingerprint density at radius 1 is 1.12 bits per heavy atom. The van der Waals surface area contributed by atoms with E-state index in [-0.39, 0.29) is 0 Å². The number of H-pyrrole nitrogens is 1. The highest BCUT2D eigenvalue weighted by molar-refractivity contribution is 5.64. The summed E-state index contributed by atoms with van der Waals surface area (Å²) in [5.41, 5.74) is 5.35. The number of nitrogens with zero attached hydrogens (tertiary/aromatic N) is 1. The van der Waals surface area contributed by atoms with Gasteiger partial charge in [-0.05, 0) is 48.4 Å². The van der Waals surface area contributed by atoms with Crippen molar-refractivity contribution in [3.05, 3.63) is 35.4 Å². The van der Waals surface area contributed by atoms with Crippen LogP contribution in [0.3, 0.4) is 0 Å². The highest BCUT2D eigenvalue weighted by Crippen LogP contribution is 2.27. The highest BCUT2D eigenvalue weighted by Gasteiger charge is 2.11. The van der Waals surface area contributed by atoms with Gasteiger partial charge in [0.05, 0.1) is 5.69 Å². The Hall–Kier alpha value is -1.77. The minimum absolute atomic E-state index is 0.887. The Morgan fingerprint density at radius 3 is 2.71 bits per heavy atom. The zero-order chi connectivity index (χ0) is 11.7. The molecule has 0 atom stereocenters. The number of aromatic nitrogens is 2. The standard InChI is InChI=1S/C14H17N3/c1-15-14-9-13(16-17-14)12-7-6-10-4-2-3-5-11(10)8-12/h6-9H,2-5H2,1H3,(H2,15,16,17). The smallest absolute Gasteiger partial charge is 0.148 e. The van der Waals surface area contributed by atoms with E-state index in [9.17, 15) is 0 Å². The third kappa shape index (κ3) is 1.93. The van der Waals surface area contributed by atoms with Crippen LogP contribution >= 0.6 is 0 Å². The predicted molar refractivity (Wildman–Crippen MR) is 70.2 cm³/mol. The second kappa shape index (κ2) is 4.24. The summed E-state index contributed by atoms with van der Waals surface area (Å²) in [6.07, 6.45) is 5.11. The molecule has 1 aliphatic rings. The van der Waals surface area contributed by atoms with Crippen molar-refractivity contribution in [2.24, 2.45) is 0 Å². The van der Waals surface area contributed by atoms with E-state index in [1.807, 2.05) is 13.1 Å². The quantitative estimate of drug-likeness (QED) is 0.828. The summed E-state index contributed by atoms with van der Waals surface area (Å²) in [5.74, 6) is 0.887. The molecule has 0 saturated heterocycles. The number of rotatable bonds is 2. The maximum Gasteiger partial charge on any atom is 0.148 e. The van der Waals surface area contributed by atoms with Crippen LogP contribution < -0.4 is 5.32 Å². The van der Waals surface area contributed by atoms with Gasteiger partial charge in [-0.25, -0.2) is 0 Å². The first-order valence-electron chi connectivity index (χ1n) is 6.22. The summed E-state index contributed by atoms with van der Waals surface area (Å²) in [6, 6.07) is 8.81. The van der Waals surface area contributed by atoms with Gasteiger partial charge >= 0.3 is 0 Å². The fourth-order valence-corrected chi connectivity index (χ4v) is 2.50. The molecule has 0 bridgehead atoms. The van der Waals surface area contributed by atoms with Crippen LogP contribution in [0, 0.1) is 0 Å². The van der Waals surface area contributed by atoms with E-state index in [4.69, 9.17) is 0 Å². The molecule has 1 aromatic carbocycles. The fraction of sp³-hybridized carbons (Fsp3) is 0.357. The Kier molecular flexibility index (Phi) is 2.59. The van der Waals surface area contributed by atoms with Crippen LogP contribution in [0.4, 0.5) is 5.82 Å². The molecule has 0 aliphatic heterocycles. The van der Waals surface area contributed by atoms with Crippen LogP contribution in [0.25, 0.3) is 11.3 Å². The van der Waals surface area contributed by atoms with Crippen LogP contribution in [0.1, 0.15) is 24.0 Å². The van der Waals surface area contributed by atoms with Crippen molar-refractivity contribution in [1.82, 2.24) is 10.2 Å². The van der Waals surface area contributed by atoms with Gasteiger partial charge in [-0.1, -0.05) is 12.1 Å². The summed E-state index contributed by atoms with van der Waals surface area (Å²) in [7, 11) is 1.88. The van der Waals surface area contributed by atoms with Gasteiger partial charge in [0.1, 0.15) is 5.82 Å². The molecule has 0 radical (unpaired) electrons. The summed E-state index contributed by atoms with van der Waals surface area (Å²) in [5, 5.41) is 10.3. The van der Waals surface area contributed by atoms with E-state index >= 15 is 0 Å². The van der Waals surface area contributed by atoms with Crippen molar-refractivity contribution in [3.8, 4) is 11.3 Å². The second-order valence-corrected chi connectivity index (χ2v) is 4.61. The molecule has 1 heterocycles. The third-order valence-corrected chi connectivity index (χ3v) is 3.49. The number of fused-ring (bicyclic) bond motifs is 1. The number of aryl methyl sites for hydroxylation is 2. The first-order chi connectivity index (χ1) is 8.36. The topological polar surface area (TPSA) is 40.7 Å². The van der Waals surface area contributed by atoms with Crippen LogP contribution in [-0.2, 0) is 12.8 Å². The molecule has 3 nitrogen and oxygen atoms in total. The van der Waals surface area contributed by atoms with Crippen molar-refractivity contribution in [2.75, 3.05) is 12.4 Å². The molecular formula is C14H17N3. The molecular weight excluding hydrogens is 210 g/mol. The number of nitrogens with one attached hydrogen (secondary N) is 2. The lowest BCUT2D eigenvalue weighted by atomic mass is 9.90. The lowest BCUT2D eigenvalue weighted by molar-refractivity contribution is 0.686. The predicted octanol–water partition coefficient (Wildman–Crippen LogP) is 3.00. The molecule has 0 fully saturated rings. The number of hydrogen-bond acceptors (Lipinski definition) is 2. The van der Waals surface area contributed by atoms with Crippen molar-refractivity contribution in [1.29, 1.82) is 0 Å². The Balaban J connectivity index is 1.97. The van der Waals surface area contributed by atoms with Crippen molar-refractivity contribution < 1.29 is 0 Å². The van der Waals surface area contributed by atoms with E-state index in [2.05, 4.69) is 33.7 Å². The Bertz CT molecular complexity index is 528. The largest absolute Gasteiger partial charge is 0.372 e. The van der Waals surface area contributed by atoms with Gasteiger partial charge in [0, 0.05) is 13.1 Å². The fourth-order valence-electron chi connectivity index (χ4n) is 2.50. The van der Waals surface area contributed by atoms with Crippen molar-refractivity contribution in [2.45, 2.75) is 25.7 Å². The molecule has 17 heavy (non-hydrogen) atoms. The average molecular weight is 227 g/mol. The maximum absolute atomic E-state index is 4.19. The van der Waals surface area contributed by atoms with Crippen LogP contribution in [-0.4, -0.2) is 17.2 Å². The molecule has 2 aromatic rings. The van der Waals surface area contributed by atoms with Crippen LogP contribution in [0.5, 0.6) is 0 Å². The lowest BCUT2D eigenvalue weighted by Gasteiger charge is -2.16. The van der Waals surface area contributed by atoms with Gasteiger partial charge in [-0.2, -0.15) is 5.10 Å². The monoisotopic (exact) mass is 227 g/mol. The third-order valence-electron chi connectivity index (χ3n) is 3.49. The van der Waals surface area contributed by atoms with Gasteiger partial charge in [0.2, 0.25) is 0 Å². The minimum Gasteiger partial charge on any atom is -0.372 e. The highest BCUT2D eigenvalue weighted by atomic mass is 15.2. The Labute approximate surface area is 101 Å². The van der Waals surface area contributed by atoms with E-state index in [0.717, 1.165) is 11.5 Å². The van der Waals surface area contributed by atoms with E-state index < -0.39 is 0 Å². The summed E-state index contributed by atoms with van der Waals surface area (Å²) < 4.78 is 0. The normalized spacial score (nSPS) is 14.4. The van der Waals surface area contributed by atoms with Crippen molar-refractivity contribution in [3.63, 3.8) is 0 Å². The molecule has 1 aliphatic carbocycles. The Morgan fingerprint density at radius 2 is 1.94 bits per heavy atom. The molecule has 0 spiro atoms. The first-order valence-corrected chi connectivity index (χ1v) is 6.22. The van der Waals surface area contributed by atoms with Gasteiger partial charge in [0.15, 0.2) is 0 Å². The van der Waals surface area contributed by atoms with Gasteiger partial charge in [-0.3, -0.25) is 5.10 Å². The number of benzene rings is 1. The zero-order valence-electron chi connectivity index (χ0n) is 10.1. The maximum atomic E-state index is 4.19. The zero-order valence-corrected chi connectivity index (χ0v) is 10.1. The number of anilines is 1. The van der Waals surface area contributed by atoms with Gasteiger partial charge in [0.25, 0.3) is 0 Å². The molecule has 2 N–H and O–H groups in total. The van der Waals surface area contributed by atoms with Crippen LogP contribution in [0.2, 0.25) is 0 Å². The van der Waals surface area contributed by atoms with E-state index in [1.54, 1.807) is 0 Å². The molecule has 0 unspecified atom stereocenters. The molecule has 0 saturated carbocycles. The van der Waals surface area contributed by atoms with Crippen LogP contribution in [0.15, 0.2) is 24.3 Å². The van der Waals surface area contributed by atoms with E-state index in [0.29, 0.717) is 0 Å². The SMILES string of the molecule is CNc1cc(-c2ccc3c(c2)CCCC3)[nH]n1. The first kappa shape index (κ1) is 10.4. The molecule has 88 valence electrons. The minimum atomic E-state index is 0.887. The summed E-state index contributed by atoms with van der Waals surface area (Å²) >= 11 is 0. The average Bonchev–Trinajstić information content (AvgIpc) is 2.87. The van der Waals surface area contributed by atoms with Crippen molar-refractivity contribution >= 4 is 5.82 Å². The van der Waals surface area contributed by atoms with Gasteiger partial charge < -0.3 is 5.32 Å². The summed E-state index contributed by atoms with van der Waals surface area (Å²) in [6.45, 7) is 0. The molecule has 3 heteroatoms. The molecule has 3 rings (SSSR count). The molecule has 0 amide bonds. The summed E-state index contributed by atoms with van der Waals surface area (Å²) in [4.78, 5) is 0.